The van der Waals surface area contributed by atoms with Gasteiger partial charge in [0.2, 0.25) is 0 Å². The molecule has 672 valence electrons. The number of benzene rings is 6. The van der Waals surface area contributed by atoms with Crippen LogP contribution in [0.15, 0.2) is 146 Å². The number of hydrogen-bond acceptors (Lipinski definition) is 0. The summed E-state index contributed by atoms with van der Waals surface area (Å²) in [6.07, 6.45) is 6.88. The predicted molar refractivity (Wildman–Crippen MR) is 546 cm³/mol. The second-order valence-corrected chi connectivity index (χ2v) is 34.9. The third-order valence-corrected chi connectivity index (χ3v) is 17.6. The van der Waals surface area contributed by atoms with Crippen molar-refractivity contribution in [1.82, 2.24) is 0 Å². The molecular weight excluding hydrogens is 1370 g/mol. The molecule has 0 spiro atoms. The van der Waals surface area contributed by atoms with Gasteiger partial charge < -0.3 is 0 Å². The highest BCUT2D eigenvalue weighted by Crippen LogP contribution is 2.32. The summed E-state index contributed by atoms with van der Waals surface area (Å²) < 4.78 is 0. The molecule has 0 aliphatic carbocycles. The summed E-state index contributed by atoms with van der Waals surface area (Å²) in [5.74, 6) is 13.4. The average Bonchev–Trinajstić information content (AvgIpc) is 0.906. The topological polar surface area (TPSA) is 0 Å². The largest absolute Gasteiger partial charge is 0.0683 e. The van der Waals surface area contributed by atoms with Crippen LogP contribution in [0.1, 0.15) is 476 Å². The van der Waals surface area contributed by atoms with Crippen LogP contribution in [0.3, 0.4) is 0 Å². The number of rotatable bonds is 18. The van der Waals surface area contributed by atoms with E-state index in [9.17, 15) is 0 Å². The Hall–Kier alpha value is -4.68. The normalized spacial score (nSPS) is 11.3. The fourth-order valence-electron chi connectivity index (χ4n) is 9.96. The van der Waals surface area contributed by atoms with E-state index in [0.717, 1.165) is 110 Å². The predicted octanol–water partition coefficient (Wildman–Crippen LogP) is 40.2. The zero-order valence-electron chi connectivity index (χ0n) is 88.5. The van der Waals surface area contributed by atoms with Crippen LogP contribution in [0, 0.1) is 71.0 Å². The molecule has 0 fully saturated rings. The molecule has 0 saturated heterocycles. The van der Waals surface area contributed by atoms with Gasteiger partial charge in [0.15, 0.2) is 0 Å². The summed E-state index contributed by atoms with van der Waals surface area (Å²) in [5, 5.41) is 0. The molecule has 0 nitrogen and oxygen atoms in total. The lowest BCUT2D eigenvalue weighted by Crippen LogP contribution is -2.04. The summed E-state index contributed by atoms with van der Waals surface area (Å²) in [5.41, 5.74) is 18.2. The highest BCUT2D eigenvalue weighted by molar-refractivity contribution is 5.35. The Bertz CT molecular complexity index is 2260. The van der Waals surface area contributed by atoms with Gasteiger partial charge in [0.25, 0.3) is 0 Å². The second kappa shape index (κ2) is 93.8. The van der Waals surface area contributed by atoms with E-state index in [2.05, 4.69) is 436 Å². The zero-order valence-corrected chi connectivity index (χ0v) is 88.5. The van der Waals surface area contributed by atoms with Gasteiger partial charge in [0, 0.05) is 0 Å². The first-order valence-electron chi connectivity index (χ1n) is 47.8. The quantitative estimate of drug-likeness (QED) is 0.0805. The number of hydrogen-bond donors (Lipinski definition) is 0. The van der Waals surface area contributed by atoms with Gasteiger partial charge in [0.05, 0.1) is 0 Å². The summed E-state index contributed by atoms with van der Waals surface area (Å²) >= 11 is 0. The average molecular weight is 1590 g/mol. The Morgan fingerprint density at radius 3 is 0.272 bits per heavy atom. The van der Waals surface area contributed by atoms with Crippen LogP contribution in [0.5, 0.6) is 0 Å². The van der Waals surface area contributed by atoms with Gasteiger partial charge in [-0.1, -0.05) is 519 Å². The molecule has 0 radical (unpaired) electrons. The minimum absolute atomic E-state index is 0.677. The summed E-state index contributed by atoms with van der Waals surface area (Å²) in [4.78, 5) is 0. The van der Waals surface area contributed by atoms with E-state index in [1.165, 1.54) is 66.8 Å². The van der Waals surface area contributed by atoms with Crippen LogP contribution in [0.2, 0.25) is 0 Å². The van der Waals surface area contributed by atoms with E-state index in [-0.39, 0.29) is 0 Å². The van der Waals surface area contributed by atoms with Gasteiger partial charge in [-0.25, -0.2) is 0 Å². The highest BCUT2D eigenvalue weighted by atomic mass is 14.2. The van der Waals surface area contributed by atoms with Crippen LogP contribution in [0.4, 0.5) is 0 Å². The first-order chi connectivity index (χ1) is 53.4. The maximum absolute atomic E-state index is 2.32. The Morgan fingerprint density at radius 2 is 0.211 bits per heavy atom. The molecule has 0 saturated carbocycles. The summed E-state index contributed by atoms with van der Waals surface area (Å²) in [6.45, 7) is 118. The Labute approximate surface area is 726 Å². The molecule has 6 aromatic carbocycles. The third kappa shape index (κ3) is 82.4. The maximum atomic E-state index is 2.32. The van der Waals surface area contributed by atoms with Crippen molar-refractivity contribution in [2.24, 2.45) is 71.0 Å². The van der Waals surface area contributed by atoms with Crippen LogP contribution in [-0.4, -0.2) is 0 Å². The van der Waals surface area contributed by atoms with Gasteiger partial charge in [-0.05, 0) is 212 Å². The molecule has 0 aromatic heterocycles. The molecular formula is C114H216. The van der Waals surface area contributed by atoms with Crippen molar-refractivity contribution in [3.63, 3.8) is 0 Å². The standard InChI is InChI=1S/6C13H20.6C4H10.6C2H6/c6*1-5-12-8-6-7-9-13(12)11(4)10(2)3;6*1-4(2)3;6*1-2/h6*6-11H,5H2,1-4H3;6*4H,1-3H3;6*1-2H3. The Balaban J connectivity index is -0.000000101. The maximum Gasteiger partial charge on any atom is -0.0165 e. The molecule has 0 aliphatic rings. The molecule has 114 heavy (non-hydrogen) atoms. The van der Waals surface area contributed by atoms with Crippen LogP contribution in [-0.2, 0) is 38.5 Å². The molecule has 0 N–H and O–H groups in total. The molecule has 0 heterocycles. The molecule has 0 amide bonds. The fraction of sp³-hybridized carbons (Fsp3) is 0.684. The molecule has 0 aliphatic heterocycles. The first-order valence-corrected chi connectivity index (χ1v) is 47.8. The molecule has 6 rings (SSSR count). The Kier molecular flexibility index (Phi) is 111. The van der Waals surface area contributed by atoms with Crippen molar-refractivity contribution in [3.8, 4) is 0 Å². The van der Waals surface area contributed by atoms with E-state index in [4.69, 9.17) is 0 Å². The molecule has 0 bridgehead atoms. The number of aryl methyl sites for hydroxylation is 6. The smallest absolute Gasteiger partial charge is 0.0165 e. The van der Waals surface area contributed by atoms with Crippen molar-refractivity contribution in [2.75, 3.05) is 0 Å². The third-order valence-electron chi connectivity index (χ3n) is 17.6. The van der Waals surface area contributed by atoms with Crippen molar-refractivity contribution in [2.45, 2.75) is 448 Å². The van der Waals surface area contributed by atoms with Crippen molar-refractivity contribution in [1.29, 1.82) is 0 Å². The lowest BCUT2D eigenvalue weighted by molar-refractivity contribution is 0.531. The van der Waals surface area contributed by atoms with Crippen LogP contribution < -0.4 is 0 Å². The van der Waals surface area contributed by atoms with Crippen LogP contribution in [0.25, 0.3) is 0 Å². The van der Waals surface area contributed by atoms with E-state index in [1.807, 2.05) is 83.1 Å². The van der Waals surface area contributed by atoms with Crippen molar-refractivity contribution in [3.05, 3.63) is 212 Å². The zero-order chi connectivity index (χ0) is 92.5. The lowest BCUT2D eigenvalue weighted by atomic mass is 9.86. The molecule has 6 unspecified atom stereocenters. The van der Waals surface area contributed by atoms with Gasteiger partial charge >= 0.3 is 0 Å². The van der Waals surface area contributed by atoms with Crippen molar-refractivity contribution >= 4 is 0 Å². The second-order valence-electron chi connectivity index (χ2n) is 34.9. The van der Waals surface area contributed by atoms with E-state index in [0.29, 0.717) is 35.5 Å². The summed E-state index contributed by atoms with van der Waals surface area (Å²) in [7, 11) is 0. The van der Waals surface area contributed by atoms with Gasteiger partial charge in [-0.2, -0.15) is 0 Å². The Morgan fingerprint density at radius 1 is 0.140 bits per heavy atom. The van der Waals surface area contributed by atoms with E-state index in [1.54, 1.807) is 0 Å². The minimum Gasteiger partial charge on any atom is -0.0683 e. The van der Waals surface area contributed by atoms with E-state index < -0.39 is 0 Å². The first kappa shape index (κ1) is 135. The van der Waals surface area contributed by atoms with Crippen LogP contribution >= 0.6 is 0 Å². The summed E-state index contributed by atoms with van der Waals surface area (Å²) in [6, 6.07) is 52.8. The monoisotopic (exact) mass is 1590 g/mol. The van der Waals surface area contributed by atoms with Crippen molar-refractivity contribution < 1.29 is 0 Å². The van der Waals surface area contributed by atoms with Gasteiger partial charge in [-0.3, -0.25) is 0 Å². The molecule has 0 heteroatoms. The fourth-order valence-corrected chi connectivity index (χ4v) is 9.96. The minimum atomic E-state index is 0.677. The van der Waals surface area contributed by atoms with E-state index >= 15 is 0 Å². The molecule has 6 aromatic rings. The highest BCUT2D eigenvalue weighted by Gasteiger charge is 2.17. The molecule has 6 atom stereocenters. The van der Waals surface area contributed by atoms with Gasteiger partial charge in [-0.15, -0.1) is 0 Å². The SMILES string of the molecule is CC.CC.CC.CC.CC.CC.CC(C)C.CC(C)C.CC(C)C.CC(C)C.CC(C)C.CC(C)C.CCc1ccccc1C(C)C(C)C.CCc1ccccc1C(C)C(C)C.CCc1ccccc1C(C)C(C)C.CCc1ccccc1C(C)C(C)C.CCc1ccccc1C(C)C(C)C.CCc1ccccc1C(C)C(C)C. The lowest BCUT2D eigenvalue weighted by Gasteiger charge is -2.19. The van der Waals surface area contributed by atoms with Gasteiger partial charge in [0.1, 0.15) is 0 Å².